The summed E-state index contributed by atoms with van der Waals surface area (Å²) < 4.78 is 5.00. The van der Waals surface area contributed by atoms with E-state index < -0.39 is 0 Å². The zero-order valence-corrected chi connectivity index (χ0v) is 8.84. The summed E-state index contributed by atoms with van der Waals surface area (Å²) in [6.45, 7) is 6.75. The second-order valence-corrected chi connectivity index (χ2v) is 3.40. The molecule has 0 saturated carbocycles. The number of nitrogens with zero attached hydrogens (tertiary/aromatic N) is 1. The normalized spacial score (nSPS) is 11.2. The molecule has 0 aliphatic rings. The zero-order valence-electron chi connectivity index (χ0n) is 8.84. The van der Waals surface area contributed by atoms with Crippen molar-refractivity contribution in [3.05, 3.63) is 0 Å². The number of nitrogens with two attached hydrogens (primary N) is 1. The van der Waals surface area contributed by atoms with Gasteiger partial charge in [0.1, 0.15) is 0 Å². The van der Waals surface area contributed by atoms with E-state index in [0.29, 0.717) is 12.5 Å². The van der Waals surface area contributed by atoms with E-state index in [1.54, 1.807) is 7.11 Å². The van der Waals surface area contributed by atoms with Crippen LogP contribution in [0.1, 0.15) is 20.3 Å². The molecule has 0 atom stereocenters. The maximum atomic E-state index is 7.13. The fourth-order valence-electron chi connectivity index (χ4n) is 1.10. The van der Waals surface area contributed by atoms with Crippen LogP contribution >= 0.6 is 0 Å². The Bertz CT molecular complexity index is 148. The first-order valence-corrected chi connectivity index (χ1v) is 4.63. The van der Waals surface area contributed by atoms with Gasteiger partial charge in [-0.2, -0.15) is 0 Å². The SMILES string of the molecule is COCCN(CCC(=N)N)C(C)C. The third-order valence-corrected chi connectivity index (χ3v) is 1.98. The van der Waals surface area contributed by atoms with Crippen LogP contribution in [0.25, 0.3) is 0 Å². The minimum absolute atomic E-state index is 0.253. The van der Waals surface area contributed by atoms with Crippen LogP contribution in [0.5, 0.6) is 0 Å². The lowest BCUT2D eigenvalue weighted by molar-refractivity contribution is 0.131. The molecule has 0 rings (SSSR count). The van der Waals surface area contributed by atoms with Gasteiger partial charge in [0, 0.05) is 32.7 Å². The van der Waals surface area contributed by atoms with E-state index in [1.165, 1.54) is 0 Å². The first-order chi connectivity index (χ1) is 6.07. The summed E-state index contributed by atoms with van der Waals surface area (Å²) in [5.41, 5.74) is 5.29. The average Bonchev–Trinajstić information content (AvgIpc) is 2.03. The van der Waals surface area contributed by atoms with Gasteiger partial charge in [-0.25, -0.2) is 0 Å². The van der Waals surface area contributed by atoms with Gasteiger partial charge < -0.3 is 10.5 Å². The third-order valence-electron chi connectivity index (χ3n) is 1.98. The number of nitrogens with one attached hydrogen (secondary N) is 1. The molecule has 0 fully saturated rings. The number of methoxy groups -OCH3 is 1. The first-order valence-electron chi connectivity index (χ1n) is 4.63. The Labute approximate surface area is 80.6 Å². The summed E-state index contributed by atoms with van der Waals surface area (Å²) in [5.74, 6) is 0.253. The number of ether oxygens (including phenoxy) is 1. The lowest BCUT2D eigenvalue weighted by Crippen LogP contribution is -2.36. The average molecular weight is 187 g/mol. The summed E-state index contributed by atoms with van der Waals surface area (Å²) in [4.78, 5) is 2.25. The van der Waals surface area contributed by atoms with E-state index in [1.807, 2.05) is 0 Å². The van der Waals surface area contributed by atoms with Crippen LogP contribution in [0.3, 0.4) is 0 Å². The molecule has 0 bridgehead atoms. The molecule has 0 aromatic rings. The smallest absolute Gasteiger partial charge is 0.0918 e. The molecule has 0 unspecified atom stereocenters. The summed E-state index contributed by atoms with van der Waals surface area (Å²) in [5, 5.41) is 7.13. The van der Waals surface area contributed by atoms with E-state index in [0.717, 1.165) is 19.7 Å². The summed E-state index contributed by atoms with van der Waals surface area (Å²) in [6, 6.07) is 0.481. The lowest BCUT2D eigenvalue weighted by Gasteiger charge is -2.25. The summed E-state index contributed by atoms with van der Waals surface area (Å²) in [7, 11) is 1.70. The second kappa shape index (κ2) is 6.86. The molecule has 0 amide bonds. The molecular weight excluding hydrogens is 166 g/mol. The Balaban J connectivity index is 3.73. The van der Waals surface area contributed by atoms with Crippen molar-refractivity contribution in [2.75, 3.05) is 26.8 Å². The van der Waals surface area contributed by atoms with Gasteiger partial charge in [-0.1, -0.05) is 0 Å². The van der Waals surface area contributed by atoms with E-state index in [9.17, 15) is 0 Å². The fourth-order valence-corrected chi connectivity index (χ4v) is 1.10. The molecule has 0 aromatic carbocycles. The van der Waals surface area contributed by atoms with Crippen LogP contribution in [0.4, 0.5) is 0 Å². The quantitative estimate of drug-likeness (QED) is 0.455. The monoisotopic (exact) mass is 187 g/mol. The van der Waals surface area contributed by atoms with Gasteiger partial charge >= 0.3 is 0 Å². The molecule has 0 aromatic heterocycles. The van der Waals surface area contributed by atoms with Gasteiger partial charge in [0.05, 0.1) is 12.4 Å². The topological polar surface area (TPSA) is 62.3 Å². The molecular formula is C9H21N3O. The molecule has 0 radical (unpaired) electrons. The molecule has 78 valence electrons. The van der Waals surface area contributed by atoms with Crippen LogP contribution in [-0.2, 0) is 4.74 Å². The van der Waals surface area contributed by atoms with Crippen molar-refractivity contribution in [1.82, 2.24) is 4.90 Å². The number of amidine groups is 1. The van der Waals surface area contributed by atoms with Crippen LogP contribution in [0.15, 0.2) is 0 Å². The highest BCUT2D eigenvalue weighted by Gasteiger charge is 2.08. The third kappa shape index (κ3) is 6.54. The van der Waals surface area contributed by atoms with Crippen molar-refractivity contribution >= 4 is 5.84 Å². The highest BCUT2D eigenvalue weighted by molar-refractivity contribution is 5.76. The molecule has 0 heterocycles. The van der Waals surface area contributed by atoms with E-state index >= 15 is 0 Å². The molecule has 0 aliphatic carbocycles. The largest absolute Gasteiger partial charge is 0.388 e. The fraction of sp³-hybridized carbons (Fsp3) is 0.889. The molecule has 4 heteroatoms. The van der Waals surface area contributed by atoms with Crippen LogP contribution < -0.4 is 5.73 Å². The van der Waals surface area contributed by atoms with Crippen molar-refractivity contribution in [1.29, 1.82) is 5.41 Å². The van der Waals surface area contributed by atoms with Crippen molar-refractivity contribution in [3.63, 3.8) is 0 Å². The van der Waals surface area contributed by atoms with Crippen LogP contribution in [0.2, 0.25) is 0 Å². The van der Waals surface area contributed by atoms with E-state index in [2.05, 4.69) is 18.7 Å². The molecule has 3 N–H and O–H groups in total. The maximum Gasteiger partial charge on any atom is 0.0918 e. The highest BCUT2D eigenvalue weighted by atomic mass is 16.5. The van der Waals surface area contributed by atoms with Gasteiger partial charge in [-0.3, -0.25) is 10.3 Å². The molecule has 0 aliphatic heterocycles. The van der Waals surface area contributed by atoms with Crippen LogP contribution in [0, 0.1) is 5.41 Å². The van der Waals surface area contributed by atoms with Gasteiger partial charge in [-0.15, -0.1) is 0 Å². The number of hydrogen-bond acceptors (Lipinski definition) is 3. The van der Waals surface area contributed by atoms with Gasteiger partial charge in [-0.05, 0) is 13.8 Å². The number of rotatable bonds is 7. The Morgan fingerprint density at radius 2 is 2.08 bits per heavy atom. The second-order valence-electron chi connectivity index (χ2n) is 3.40. The van der Waals surface area contributed by atoms with Crippen molar-refractivity contribution < 1.29 is 4.74 Å². The van der Waals surface area contributed by atoms with Crippen molar-refractivity contribution in [3.8, 4) is 0 Å². The Hall–Kier alpha value is -0.610. The highest BCUT2D eigenvalue weighted by Crippen LogP contribution is 1.98. The van der Waals surface area contributed by atoms with E-state index in [4.69, 9.17) is 15.9 Å². The van der Waals surface area contributed by atoms with Gasteiger partial charge in [0.25, 0.3) is 0 Å². The van der Waals surface area contributed by atoms with Gasteiger partial charge in [0.2, 0.25) is 0 Å². The first kappa shape index (κ1) is 12.4. The predicted octanol–water partition coefficient (Wildman–Crippen LogP) is 0.669. The summed E-state index contributed by atoms with van der Waals surface area (Å²) >= 11 is 0. The van der Waals surface area contributed by atoms with E-state index in [-0.39, 0.29) is 5.84 Å². The molecule has 13 heavy (non-hydrogen) atoms. The minimum Gasteiger partial charge on any atom is -0.388 e. The Kier molecular flexibility index (Phi) is 6.54. The number of hydrogen-bond donors (Lipinski definition) is 2. The molecule has 4 nitrogen and oxygen atoms in total. The zero-order chi connectivity index (χ0) is 10.3. The lowest BCUT2D eigenvalue weighted by atomic mass is 10.3. The van der Waals surface area contributed by atoms with Crippen molar-refractivity contribution in [2.45, 2.75) is 26.3 Å². The molecule has 0 saturated heterocycles. The minimum atomic E-state index is 0.253. The van der Waals surface area contributed by atoms with Gasteiger partial charge in [0.15, 0.2) is 0 Å². The van der Waals surface area contributed by atoms with Crippen molar-refractivity contribution in [2.24, 2.45) is 5.73 Å². The predicted molar refractivity (Wildman–Crippen MR) is 55.1 cm³/mol. The van der Waals surface area contributed by atoms with Crippen LogP contribution in [-0.4, -0.2) is 43.6 Å². The maximum absolute atomic E-state index is 7.13. The standard InChI is InChI=1S/C9H21N3O/c1-8(2)12(6-7-13-3)5-4-9(10)11/h8H,4-7H2,1-3H3,(H3,10,11). The Morgan fingerprint density at radius 3 is 2.46 bits per heavy atom. The Morgan fingerprint density at radius 1 is 1.46 bits per heavy atom. The summed E-state index contributed by atoms with van der Waals surface area (Å²) in [6.07, 6.45) is 0.641. The molecule has 0 spiro atoms.